The Kier molecular flexibility index (Phi) is 4.77. The molecule has 2 rings (SSSR count). The van der Waals surface area contributed by atoms with Crippen molar-refractivity contribution < 1.29 is 27.8 Å². The monoisotopic (exact) mass is 367 g/mol. The maximum absolute atomic E-state index is 13.2. The molecule has 0 radical (unpaired) electrons. The number of rotatable bonds is 3. The van der Waals surface area contributed by atoms with Gasteiger partial charge in [0.15, 0.2) is 0 Å². The first-order valence-electron chi connectivity index (χ1n) is 6.22. The molecular formula is C13H13BrF3NO3. The van der Waals surface area contributed by atoms with E-state index in [0.29, 0.717) is 4.47 Å². The van der Waals surface area contributed by atoms with Gasteiger partial charge in [0.25, 0.3) is 0 Å². The van der Waals surface area contributed by atoms with Crippen LogP contribution in [0.15, 0.2) is 22.7 Å². The summed E-state index contributed by atoms with van der Waals surface area (Å²) in [7, 11) is 0. The third-order valence-corrected chi connectivity index (χ3v) is 3.70. The molecule has 1 aromatic carbocycles. The summed E-state index contributed by atoms with van der Waals surface area (Å²) in [4.78, 5) is 12.3. The van der Waals surface area contributed by atoms with Crippen LogP contribution in [0.25, 0.3) is 0 Å². The summed E-state index contributed by atoms with van der Waals surface area (Å²) in [6, 6.07) is 3.26. The van der Waals surface area contributed by atoms with Crippen molar-refractivity contribution >= 4 is 27.6 Å². The number of benzene rings is 1. The van der Waals surface area contributed by atoms with Gasteiger partial charge < -0.3 is 14.7 Å². The van der Waals surface area contributed by atoms with Crippen LogP contribution in [0.2, 0.25) is 0 Å². The van der Waals surface area contributed by atoms with Crippen molar-refractivity contribution in [2.45, 2.75) is 18.6 Å². The number of ether oxygens (including phenoxy) is 1. The summed E-state index contributed by atoms with van der Waals surface area (Å²) < 4.78 is 45.0. The van der Waals surface area contributed by atoms with Gasteiger partial charge in [0.1, 0.15) is 0 Å². The van der Waals surface area contributed by atoms with Gasteiger partial charge >= 0.3 is 12.1 Å². The number of morpholine rings is 1. The Morgan fingerprint density at radius 1 is 1.48 bits per heavy atom. The van der Waals surface area contributed by atoms with Gasteiger partial charge in [0, 0.05) is 16.7 Å². The average Bonchev–Trinajstić information content (AvgIpc) is 2.38. The number of hydrogen-bond acceptors (Lipinski definition) is 3. The predicted molar refractivity (Wildman–Crippen MR) is 73.3 cm³/mol. The molecule has 0 aromatic heterocycles. The van der Waals surface area contributed by atoms with E-state index in [1.54, 1.807) is 0 Å². The number of anilines is 1. The van der Waals surface area contributed by atoms with E-state index in [1.807, 2.05) is 0 Å². The van der Waals surface area contributed by atoms with Gasteiger partial charge in [-0.3, -0.25) is 4.79 Å². The van der Waals surface area contributed by atoms with E-state index in [4.69, 9.17) is 9.84 Å². The molecule has 0 amide bonds. The predicted octanol–water partition coefficient (Wildman–Crippen LogP) is 3.15. The molecule has 116 valence electrons. The second-order valence-corrected chi connectivity index (χ2v) is 5.59. The topological polar surface area (TPSA) is 49.8 Å². The summed E-state index contributed by atoms with van der Waals surface area (Å²) in [5.74, 6) is -1.07. The Morgan fingerprint density at radius 2 is 2.19 bits per heavy atom. The lowest BCUT2D eigenvalue weighted by Crippen LogP contribution is -2.47. The molecule has 4 nitrogen and oxygen atoms in total. The number of carbonyl (C=O) groups is 1. The quantitative estimate of drug-likeness (QED) is 0.891. The molecule has 21 heavy (non-hydrogen) atoms. The van der Waals surface area contributed by atoms with E-state index >= 15 is 0 Å². The highest BCUT2D eigenvalue weighted by molar-refractivity contribution is 9.10. The fraction of sp³-hybridized carbons (Fsp3) is 0.462. The largest absolute Gasteiger partial charge is 0.481 e. The van der Waals surface area contributed by atoms with Crippen LogP contribution in [-0.2, 0) is 15.7 Å². The highest BCUT2D eigenvalue weighted by Crippen LogP contribution is 2.39. The van der Waals surface area contributed by atoms with Gasteiger partial charge in [-0.05, 0) is 18.2 Å². The number of aliphatic carboxylic acids is 1. The van der Waals surface area contributed by atoms with E-state index in [0.717, 1.165) is 6.07 Å². The summed E-state index contributed by atoms with van der Waals surface area (Å²) >= 11 is 3.03. The molecule has 1 aromatic rings. The van der Waals surface area contributed by atoms with Gasteiger partial charge in [-0.2, -0.15) is 13.2 Å². The van der Waals surface area contributed by atoms with E-state index in [2.05, 4.69) is 15.9 Å². The van der Waals surface area contributed by atoms with Gasteiger partial charge in [-0.25, -0.2) is 0 Å². The smallest absolute Gasteiger partial charge is 0.418 e. The van der Waals surface area contributed by atoms with Crippen LogP contribution in [0.5, 0.6) is 0 Å². The summed E-state index contributed by atoms with van der Waals surface area (Å²) in [5.41, 5.74) is -0.797. The molecule has 1 atom stereocenters. The standard InChI is InChI=1S/C13H13BrF3NO3/c14-8-1-2-11(10(5-8)13(15,16)17)18-3-4-21-7-9(18)6-12(19)20/h1-2,5,9H,3-4,6-7H2,(H,19,20). The number of carboxylic acids is 1. The SMILES string of the molecule is O=C(O)CC1COCCN1c1ccc(Br)cc1C(F)(F)F. The highest BCUT2D eigenvalue weighted by Gasteiger charge is 2.37. The van der Waals surface area contributed by atoms with Crippen LogP contribution in [-0.4, -0.2) is 36.9 Å². The van der Waals surface area contributed by atoms with E-state index in [-0.39, 0.29) is 31.9 Å². The molecule has 0 saturated carbocycles. The molecule has 1 unspecified atom stereocenters. The molecule has 1 saturated heterocycles. The van der Waals surface area contributed by atoms with Crippen molar-refractivity contribution in [3.8, 4) is 0 Å². The zero-order chi connectivity index (χ0) is 15.6. The summed E-state index contributed by atoms with van der Waals surface area (Å²) in [5, 5.41) is 8.89. The van der Waals surface area contributed by atoms with Crippen molar-refractivity contribution in [2.75, 3.05) is 24.7 Å². The van der Waals surface area contributed by atoms with Crippen LogP contribution in [0.3, 0.4) is 0 Å². The Hall–Kier alpha value is -1.28. The van der Waals surface area contributed by atoms with Crippen molar-refractivity contribution in [1.29, 1.82) is 0 Å². The molecule has 0 aliphatic carbocycles. The van der Waals surface area contributed by atoms with Gasteiger partial charge in [0.05, 0.1) is 31.2 Å². The Balaban J connectivity index is 2.40. The third-order valence-electron chi connectivity index (χ3n) is 3.21. The second kappa shape index (κ2) is 6.23. The highest BCUT2D eigenvalue weighted by atomic mass is 79.9. The lowest BCUT2D eigenvalue weighted by atomic mass is 10.1. The summed E-state index contributed by atoms with van der Waals surface area (Å²) in [6.07, 6.45) is -4.78. The molecule has 0 spiro atoms. The normalized spacial score (nSPS) is 19.6. The first kappa shape index (κ1) is 16.1. The molecule has 1 N–H and O–H groups in total. The second-order valence-electron chi connectivity index (χ2n) is 4.68. The lowest BCUT2D eigenvalue weighted by molar-refractivity contribution is -0.138. The Bertz CT molecular complexity index is 536. The minimum absolute atomic E-state index is 0.0137. The zero-order valence-electron chi connectivity index (χ0n) is 10.9. The van der Waals surface area contributed by atoms with Crippen LogP contribution in [0.1, 0.15) is 12.0 Å². The molecule has 1 fully saturated rings. The Labute approximate surface area is 127 Å². The zero-order valence-corrected chi connectivity index (χ0v) is 12.4. The van der Waals surface area contributed by atoms with E-state index in [1.165, 1.54) is 17.0 Å². The van der Waals surface area contributed by atoms with Gasteiger partial charge in [-0.15, -0.1) is 0 Å². The number of alkyl halides is 3. The minimum atomic E-state index is -4.51. The van der Waals surface area contributed by atoms with Crippen molar-refractivity contribution in [1.82, 2.24) is 0 Å². The number of nitrogens with zero attached hydrogens (tertiary/aromatic N) is 1. The van der Waals surface area contributed by atoms with Gasteiger partial charge in [0.2, 0.25) is 0 Å². The van der Waals surface area contributed by atoms with Crippen molar-refractivity contribution in [3.05, 3.63) is 28.2 Å². The van der Waals surface area contributed by atoms with Crippen LogP contribution in [0.4, 0.5) is 18.9 Å². The Morgan fingerprint density at radius 3 is 2.81 bits per heavy atom. The van der Waals surface area contributed by atoms with Crippen LogP contribution < -0.4 is 4.90 Å². The molecule has 1 aliphatic rings. The number of hydrogen-bond donors (Lipinski definition) is 1. The van der Waals surface area contributed by atoms with E-state index < -0.39 is 23.8 Å². The molecular weight excluding hydrogens is 355 g/mol. The number of carboxylic acid groups (broad SMARTS) is 1. The number of halogens is 4. The molecule has 1 heterocycles. The molecule has 0 bridgehead atoms. The fourth-order valence-corrected chi connectivity index (χ4v) is 2.69. The third kappa shape index (κ3) is 3.88. The maximum Gasteiger partial charge on any atom is 0.418 e. The summed E-state index contributed by atoms with van der Waals surface area (Å²) in [6.45, 7) is 0.589. The molecule has 8 heteroatoms. The van der Waals surface area contributed by atoms with Gasteiger partial charge in [-0.1, -0.05) is 15.9 Å². The van der Waals surface area contributed by atoms with Crippen molar-refractivity contribution in [2.24, 2.45) is 0 Å². The maximum atomic E-state index is 13.2. The minimum Gasteiger partial charge on any atom is -0.481 e. The van der Waals surface area contributed by atoms with Crippen LogP contribution >= 0.6 is 15.9 Å². The molecule has 1 aliphatic heterocycles. The first-order valence-corrected chi connectivity index (χ1v) is 7.01. The fourth-order valence-electron chi connectivity index (χ4n) is 2.33. The average molecular weight is 368 g/mol. The van der Waals surface area contributed by atoms with E-state index in [9.17, 15) is 18.0 Å². The van der Waals surface area contributed by atoms with Crippen molar-refractivity contribution in [3.63, 3.8) is 0 Å². The van der Waals surface area contributed by atoms with Crippen LogP contribution in [0, 0.1) is 0 Å². The lowest BCUT2D eigenvalue weighted by Gasteiger charge is -2.38. The first-order chi connectivity index (χ1) is 9.79.